The van der Waals surface area contributed by atoms with Crippen LogP contribution in [0.15, 0.2) is 61.7 Å². The lowest BCUT2D eigenvalue weighted by atomic mass is 10.0. The quantitative estimate of drug-likeness (QED) is 0.289. The third-order valence-corrected chi connectivity index (χ3v) is 3.02. The van der Waals surface area contributed by atoms with E-state index in [0.29, 0.717) is 11.1 Å². The lowest BCUT2D eigenvalue weighted by Gasteiger charge is -2.11. The van der Waals surface area contributed by atoms with E-state index in [4.69, 9.17) is 9.47 Å². The van der Waals surface area contributed by atoms with Gasteiger partial charge in [0.25, 0.3) is 0 Å². The first-order chi connectivity index (χ1) is 11.4. The Morgan fingerprint density at radius 3 is 2.04 bits per heavy atom. The molecule has 0 saturated carbocycles. The predicted octanol–water partition coefficient (Wildman–Crippen LogP) is 3.61. The Kier molecular flexibility index (Phi) is 5.44. The van der Waals surface area contributed by atoms with E-state index in [-0.39, 0.29) is 11.5 Å². The number of rotatable bonds is 6. The van der Waals surface area contributed by atoms with Gasteiger partial charge in [-0.3, -0.25) is 0 Å². The first-order valence-corrected chi connectivity index (χ1v) is 6.85. The molecule has 6 heteroatoms. The van der Waals surface area contributed by atoms with Crippen molar-refractivity contribution >= 4 is 5.97 Å². The highest BCUT2D eigenvalue weighted by atomic mass is 19.1. The first kappa shape index (κ1) is 17.4. The van der Waals surface area contributed by atoms with E-state index in [1.165, 1.54) is 24.3 Å². The monoisotopic (exact) mass is 332 g/mol. The Hall–Kier alpha value is -2.99. The molecule has 0 saturated heterocycles. The zero-order valence-electron chi connectivity index (χ0n) is 12.5. The van der Waals surface area contributed by atoms with Gasteiger partial charge in [-0.15, -0.1) is 0 Å². The number of esters is 1. The number of benzene rings is 2. The van der Waals surface area contributed by atoms with Crippen LogP contribution in [0, 0.1) is 11.6 Å². The summed E-state index contributed by atoms with van der Waals surface area (Å²) in [4.78, 5) is 11.1. The number of ether oxygens (including phenoxy) is 2. The molecular formula is C18H14F2O4. The molecule has 1 N–H and O–H groups in total. The molecule has 1 atom stereocenters. The Morgan fingerprint density at radius 1 is 1.04 bits per heavy atom. The van der Waals surface area contributed by atoms with Crippen LogP contribution in [-0.2, 0) is 4.79 Å². The fourth-order valence-corrected chi connectivity index (χ4v) is 1.87. The topological polar surface area (TPSA) is 55.8 Å². The number of halogens is 2. The van der Waals surface area contributed by atoms with Crippen LogP contribution in [0.1, 0.15) is 0 Å². The van der Waals surface area contributed by atoms with Gasteiger partial charge < -0.3 is 14.6 Å². The third kappa shape index (κ3) is 4.05. The summed E-state index contributed by atoms with van der Waals surface area (Å²) in [6, 6.07) is 7.78. The van der Waals surface area contributed by atoms with Crippen molar-refractivity contribution in [3.05, 3.63) is 73.3 Å². The van der Waals surface area contributed by atoms with Gasteiger partial charge in [0, 0.05) is 6.08 Å². The molecule has 0 amide bonds. The Labute approximate surface area is 137 Å². The number of hydrogen-bond acceptors (Lipinski definition) is 4. The zero-order valence-corrected chi connectivity index (χ0v) is 12.5. The van der Waals surface area contributed by atoms with Gasteiger partial charge in [0.2, 0.25) is 6.29 Å². The Bertz CT molecular complexity index is 787. The fourth-order valence-electron chi connectivity index (χ4n) is 1.87. The molecular weight excluding hydrogens is 318 g/mol. The van der Waals surface area contributed by atoms with E-state index in [1.807, 2.05) is 0 Å². The van der Waals surface area contributed by atoms with Crippen molar-refractivity contribution in [3.63, 3.8) is 0 Å². The van der Waals surface area contributed by atoms with Crippen LogP contribution in [0.5, 0.6) is 11.5 Å². The van der Waals surface area contributed by atoms with E-state index in [9.17, 15) is 18.7 Å². The van der Waals surface area contributed by atoms with E-state index in [0.717, 1.165) is 24.3 Å². The minimum Gasteiger partial charge on any atom is -0.458 e. The molecule has 0 aliphatic carbocycles. The molecule has 124 valence electrons. The van der Waals surface area contributed by atoms with E-state index >= 15 is 0 Å². The van der Waals surface area contributed by atoms with Gasteiger partial charge in [-0.25, -0.2) is 13.6 Å². The molecule has 1 unspecified atom stereocenters. The molecule has 0 aliphatic rings. The smallest absolute Gasteiger partial charge is 0.335 e. The SMILES string of the molecule is C=CC(=O)Oc1ccc(-c2ccc(OC(O)C=C)c(F)c2)cc1F. The van der Waals surface area contributed by atoms with Crippen molar-refractivity contribution in [1.29, 1.82) is 0 Å². The molecule has 0 aromatic heterocycles. The van der Waals surface area contributed by atoms with E-state index in [2.05, 4.69) is 13.2 Å². The van der Waals surface area contributed by atoms with Gasteiger partial charge in [-0.1, -0.05) is 25.3 Å². The molecule has 24 heavy (non-hydrogen) atoms. The molecule has 2 aromatic rings. The average molecular weight is 332 g/mol. The lowest BCUT2D eigenvalue weighted by Crippen LogP contribution is -2.12. The van der Waals surface area contributed by atoms with Crippen LogP contribution in [0.4, 0.5) is 8.78 Å². The van der Waals surface area contributed by atoms with Crippen molar-refractivity contribution in [2.24, 2.45) is 0 Å². The normalized spacial score (nSPS) is 11.5. The van der Waals surface area contributed by atoms with Crippen molar-refractivity contribution in [2.75, 3.05) is 0 Å². The maximum absolute atomic E-state index is 14.0. The van der Waals surface area contributed by atoms with Crippen molar-refractivity contribution in [2.45, 2.75) is 6.29 Å². The highest BCUT2D eigenvalue weighted by Gasteiger charge is 2.12. The van der Waals surface area contributed by atoms with Crippen molar-refractivity contribution < 1.29 is 28.2 Å². The third-order valence-electron chi connectivity index (χ3n) is 3.02. The molecule has 0 spiro atoms. The molecule has 0 heterocycles. The molecule has 2 aromatic carbocycles. The highest BCUT2D eigenvalue weighted by molar-refractivity contribution is 5.83. The summed E-state index contributed by atoms with van der Waals surface area (Å²) >= 11 is 0. The summed E-state index contributed by atoms with van der Waals surface area (Å²) in [5.74, 6) is -2.70. The zero-order chi connectivity index (χ0) is 17.7. The maximum atomic E-state index is 14.0. The summed E-state index contributed by atoms with van der Waals surface area (Å²) < 4.78 is 37.6. The van der Waals surface area contributed by atoms with Crippen LogP contribution in [0.3, 0.4) is 0 Å². The molecule has 2 rings (SSSR count). The first-order valence-electron chi connectivity index (χ1n) is 6.85. The minimum atomic E-state index is -1.33. The van der Waals surface area contributed by atoms with Crippen molar-refractivity contribution in [3.8, 4) is 22.6 Å². The van der Waals surface area contributed by atoms with Crippen LogP contribution in [0.2, 0.25) is 0 Å². The molecule has 0 fully saturated rings. The second-order valence-corrected chi connectivity index (χ2v) is 4.66. The van der Waals surface area contributed by atoms with Gasteiger partial charge >= 0.3 is 5.97 Å². The number of carbonyl (C=O) groups excluding carboxylic acids is 1. The molecule has 0 radical (unpaired) electrons. The van der Waals surface area contributed by atoms with Crippen LogP contribution in [-0.4, -0.2) is 17.4 Å². The van der Waals surface area contributed by atoms with Gasteiger partial charge in [0.15, 0.2) is 23.1 Å². The van der Waals surface area contributed by atoms with E-state index < -0.39 is 23.9 Å². The average Bonchev–Trinajstić information content (AvgIpc) is 2.58. The number of aliphatic hydroxyl groups is 1. The maximum Gasteiger partial charge on any atom is 0.335 e. The lowest BCUT2D eigenvalue weighted by molar-refractivity contribution is -0.129. The summed E-state index contributed by atoms with van der Waals surface area (Å²) in [5, 5.41) is 9.28. The predicted molar refractivity (Wildman–Crippen MR) is 84.5 cm³/mol. The van der Waals surface area contributed by atoms with Crippen LogP contribution < -0.4 is 9.47 Å². The van der Waals surface area contributed by atoms with Gasteiger partial charge in [0.05, 0.1) is 0 Å². The molecule has 0 bridgehead atoms. The second-order valence-electron chi connectivity index (χ2n) is 4.66. The number of hydrogen-bond donors (Lipinski definition) is 1. The van der Waals surface area contributed by atoms with Gasteiger partial charge in [-0.05, 0) is 41.5 Å². The Morgan fingerprint density at radius 2 is 1.58 bits per heavy atom. The molecule has 0 aliphatic heterocycles. The van der Waals surface area contributed by atoms with Crippen LogP contribution in [0.25, 0.3) is 11.1 Å². The van der Waals surface area contributed by atoms with Crippen molar-refractivity contribution in [1.82, 2.24) is 0 Å². The minimum absolute atomic E-state index is 0.164. The molecule has 4 nitrogen and oxygen atoms in total. The van der Waals surface area contributed by atoms with Gasteiger partial charge in [-0.2, -0.15) is 0 Å². The highest BCUT2D eigenvalue weighted by Crippen LogP contribution is 2.29. The summed E-state index contributed by atoms with van der Waals surface area (Å²) in [6.45, 7) is 6.54. The second kappa shape index (κ2) is 7.52. The Balaban J connectivity index is 2.27. The fraction of sp³-hybridized carbons (Fsp3) is 0.0556. The summed E-state index contributed by atoms with van der Waals surface area (Å²) in [6.07, 6.45) is 0.687. The van der Waals surface area contributed by atoms with Crippen LogP contribution >= 0.6 is 0 Å². The summed E-state index contributed by atoms with van der Waals surface area (Å²) in [7, 11) is 0. The number of aliphatic hydroxyl groups excluding tert-OH is 1. The van der Waals surface area contributed by atoms with Gasteiger partial charge in [0.1, 0.15) is 0 Å². The summed E-state index contributed by atoms with van der Waals surface area (Å²) in [5.41, 5.74) is 0.758. The van der Waals surface area contributed by atoms with E-state index in [1.54, 1.807) is 0 Å². The standard InChI is InChI=1S/C18H14F2O4/c1-3-17(21)23-15-7-5-11(9-13(15)19)12-6-8-16(14(20)10-12)24-18(22)4-2/h3-10,17,21H,1-2H2. The largest absolute Gasteiger partial charge is 0.458 e. The number of carbonyl (C=O) groups is 1.